The molecule has 0 amide bonds. The molecule has 3 aromatic carbocycles. The molecular formula is C23H20BrNOS. The molecule has 0 aromatic heterocycles. The highest BCUT2D eigenvalue weighted by atomic mass is 79.9. The van der Waals surface area contributed by atoms with Crippen LogP contribution in [-0.2, 0) is 19.6 Å². The fourth-order valence-electron chi connectivity index (χ4n) is 3.29. The van der Waals surface area contributed by atoms with Gasteiger partial charge in [0.1, 0.15) is 17.3 Å². The van der Waals surface area contributed by atoms with E-state index in [1.54, 1.807) is 0 Å². The summed E-state index contributed by atoms with van der Waals surface area (Å²) in [5, 5.41) is 0. The first-order valence-corrected chi connectivity index (χ1v) is 10.2. The van der Waals surface area contributed by atoms with Gasteiger partial charge >= 0.3 is 0 Å². The number of halogens is 1. The minimum Gasteiger partial charge on any atom is -0.489 e. The molecule has 3 aromatic rings. The monoisotopic (exact) mass is 437 g/mol. The SMILES string of the molecule is S=C(c1ccc(OCc2ccc(Br)cc2)cc1)N1CCc2ccccc2C1. The molecule has 0 saturated carbocycles. The van der Waals surface area contributed by atoms with Gasteiger partial charge in [0.05, 0.1) is 0 Å². The average Bonchev–Trinajstić information content (AvgIpc) is 2.73. The van der Waals surface area contributed by atoms with Crippen LogP contribution in [0.3, 0.4) is 0 Å². The van der Waals surface area contributed by atoms with E-state index >= 15 is 0 Å². The van der Waals surface area contributed by atoms with E-state index in [0.29, 0.717) is 6.61 Å². The van der Waals surface area contributed by atoms with Gasteiger partial charge in [0.15, 0.2) is 0 Å². The van der Waals surface area contributed by atoms with Gasteiger partial charge in [-0.15, -0.1) is 0 Å². The zero-order chi connectivity index (χ0) is 18.6. The average molecular weight is 438 g/mol. The molecule has 2 nitrogen and oxygen atoms in total. The van der Waals surface area contributed by atoms with Gasteiger partial charge in [-0.2, -0.15) is 0 Å². The first-order chi connectivity index (χ1) is 13.2. The molecule has 1 aliphatic rings. The van der Waals surface area contributed by atoms with E-state index in [0.717, 1.165) is 45.8 Å². The van der Waals surface area contributed by atoms with E-state index in [-0.39, 0.29) is 0 Å². The van der Waals surface area contributed by atoms with Crippen LogP contribution in [0.15, 0.2) is 77.3 Å². The predicted molar refractivity (Wildman–Crippen MR) is 117 cm³/mol. The smallest absolute Gasteiger partial charge is 0.119 e. The molecule has 136 valence electrons. The molecule has 0 radical (unpaired) electrons. The molecule has 0 N–H and O–H groups in total. The molecule has 0 unspecified atom stereocenters. The second-order valence-electron chi connectivity index (χ2n) is 6.68. The second kappa shape index (κ2) is 8.24. The molecule has 0 atom stereocenters. The molecule has 27 heavy (non-hydrogen) atoms. The van der Waals surface area contributed by atoms with Crippen LogP contribution in [0.4, 0.5) is 0 Å². The van der Waals surface area contributed by atoms with Gasteiger partial charge in [0.25, 0.3) is 0 Å². The Balaban J connectivity index is 1.38. The number of hydrogen-bond donors (Lipinski definition) is 0. The Bertz CT molecular complexity index is 937. The summed E-state index contributed by atoms with van der Waals surface area (Å²) in [4.78, 5) is 3.19. The summed E-state index contributed by atoms with van der Waals surface area (Å²) in [5.41, 5.74) is 5.03. The van der Waals surface area contributed by atoms with Crippen molar-refractivity contribution in [1.29, 1.82) is 0 Å². The van der Waals surface area contributed by atoms with Crippen molar-refractivity contribution >= 4 is 33.1 Å². The van der Waals surface area contributed by atoms with Crippen LogP contribution in [0.1, 0.15) is 22.3 Å². The van der Waals surface area contributed by atoms with Gasteiger partial charge in [-0.1, -0.05) is 64.5 Å². The lowest BCUT2D eigenvalue weighted by molar-refractivity contribution is 0.306. The van der Waals surface area contributed by atoms with E-state index in [1.807, 2.05) is 24.3 Å². The van der Waals surface area contributed by atoms with E-state index in [2.05, 4.69) is 69.4 Å². The Morgan fingerprint density at radius 1 is 0.926 bits per heavy atom. The van der Waals surface area contributed by atoms with Gasteiger partial charge in [-0.25, -0.2) is 0 Å². The van der Waals surface area contributed by atoms with E-state index in [4.69, 9.17) is 17.0 Å². The van der Waals surface area contributed by atoms with Crippen molar-refractivity contribution in [3.05, 3.63) is 99.5 Å². The van der Waals surface area contributed by atoms with Crippen molar-refractivity contribution in [2.45, 2.75) is 19.6 Å². The summed E-state index contributed by atoms with van der Waals surface area (Å²) in [5.74, 6) is 0.855. The van der Waals surface area contributed by atoms with Crippen LogP contribution >= 0.6 is 28.1 Å². The van der Waals surface area contributed by atoms with E-state index < -0.39 is 0 Å². The maximum absolute atomic E-state index is 5.89. The summed E-state index contributed by atoms with van der Waals surface area (Å²) >= 11 is 9.19. The molecule has 0 bridgehead atoms. The molecule has 1 heterocycles. The Kier molecular flexibility index (Phi) is 5.55. The molecule has 4 rings (SSSR count). The van der Waals surface area contributed by atoms with E-state index in [9.17, 15) is 0 Å². The third-order valence-electron chi connectivity index (χ3n) is 4.84. The van der Waals surface area contributed by atoms with Gasteiger partial charge in [-0.05, 0) is 59.5 Å². The first kappa shape index (κ1) is 18.2. The molecule has 0 fully saturated rings. The normalized spacial score (nSPS) is 13.1. The van der Waals surface area contributed by atoms with Gasteiger partial charge < -0.3 is 9.64 Å². The second-order valence-corrected chi connectivity index (χ2v) is 7.99. The lowest BCUT2D eigenvalue weighted by Crippen LogP contribution is -2.35. The molecule has 4 heteroatoms. The van der Waals surface area contributed by atoms with Crippen LogP contribution in [0.5, 0.6) is 5.75 Å². The lowest BCUT2D eigenvalue weighted by atomic mass is 9.99. The highest BCUT2D eigenvalue weighted by Gasteiger charge is 2.18. The summed E-state index contributed by atoms with van der Waals surface area (Å²) in [6.45, 7) is 2.41. The Labute approximate surface area is 173 Å². The highest BCUT2D eigenvalue weighted by Crippen LogP contribution is 2.22. The Morgan fingerprint density at radius 2 is 1.63 bits per heavy atom. The number of rotatable bonds is 4. The first-order valence-electron chi connectivity index (χ1n) is 9.02. The van der Waals surface area contributed by atoms with Gasteiger partial charge in [0, 0.05) is 23.1 Å². The zero-order valence-corrected chi connectivity index (χ0v) is 17.3. The number of fused-ring (bicyclic) bond motifs is 1. The van der Waals surface area contributed by atoms with Crippen molar-refractivity contribution in [2.75, 3.05) is 6.54 Å². The minimum absolute atomic E-state index is 0.556. The summed E-state index contributed by atoms with van der Waals surface area (Å²) < 4.78 is 6.96. The molecule has 0 aliphatic carbocycles. The minimum atomic E-state index is 0.556. The molecular weight excluding hydrogens is 418 g/mol. The lowest BCUT2D eigenvalue weighted by Gasteiger charge is -2.31. The van der Waals surface area contributed by atoms with Gasteiger partial charge in [-0.3, -0.25) is 0 Å². The summed E-state index contributed by atoms with van der Waals surface area (Å²) in [6, 6.07) is 24.9. The van der Waals surface area contributed by atoms with Crippen molar-refractivity contribution in [1.82, 2.24) is 4.90 Å². The topological polar surface area (TPSA) is 12.5 Å². The number of thiocarbonyl (C=S) groups is 1. The third kappa shape index (κ3) is 4.40. The molecule has 0 spiro atoms. The highest BCUT2D eigenvalue weighted by molar-refractivity contribution is 9.10. The number of ether oxygens (including phenoxy) is 1. The molecule has 0 saturated heterocycles. The fraction of sp³-hybridized carbons (Fsp3) is 0.174. The van der Waals surface area contributed by atoms with Crippen LogP contribution in [-0.4, -0.2) is 16.4 Å². The number of nitrogens with zero attached hydrogens (tertiary/aromatic N) is 1. The maximum Gasteiger partial charge on any atom is 0.119 e. The third-order valence-corrected chi connectivity index (χ3v) is 5.86. The molecule has 1 aliphatic heterocycles. The quantitative estimate of drug-likeness (QED) is 0.481. The van der Waals surface area contributed by atoms with Crippen LogP contribution in [0, 0.1) is 0 Å². The van der Waals surface area contributed by atoms with Gasteiger partial charge in [0.2, 0.25) is 0 Å². The standard InChI is InChI=1S/C23H20BrNOS/c24-21-9-5-17(6-10-21)16-26-22-11-7-19(8-12-22)23(27)25-14-13-18-3-1-2-4-20(18)15-25/h1-12H,13-16H2. The maximum atomic E-state index is 5.89. The number of hydrogen-bond acceptors (Lipinski definition) is 2. The zero-order valence-electron chi connectivity index (χ0n) is 14.9. The van der Waals surface area contributed by atoms with Crippen LogP contribution in [0.2, 0.25) is 0 Å². The van der Waals surface area contributed by atoms with Crippen LogP contribution in [0.25, 0.3) is 0 Å². The van der Waals surface area contributed by atoms with Crippen molar-refractivity contribution in [3.8, 4) is 5.75 Å². The van der Waals surface area contributed by atoms with Crippen molar-refractivity contribution in [3.63, 3.8) is 0 Å². The van der Waals surface area contributed by atoms with E-state index in [1.165, 1.54) is 11.1 Å². The Morgan fingerprint density at radius 3 is 2.37 bits per heavy atom. The fourth-order valence-corrected chi connectivity index (χ4v) is 3.85. The Hall–Kier alpha value is -2.17. The predicted octanol–water partition coefficient (Wildman–Crippen LogP) is 5.76. The number of benzene rings is 3. The summed E-state index contributed by atoms with van der Waals surface area (Å²) in [6.07, 6.45) is 1.05. The largest absolute Gasteiger partial charge is 0.489 e. The summed E-state index contributed by atoms with van der Waals surface area (Å²) in [7, 11) is 0. The van der Waals surface area contributed by atoms with Crippen LogP contribution < -0.4 is 4.74 Å². The van der Waals surface area contributed by atoms with Crippen molar-refractivity contribution in [2.24, 2.45) is 0 Å². The van der Waals surface area contributed by atoms with Crippen molar-refractivity contribution < 1.29 is 4.74 Å².